The number of aryl methyl sites for hydroxylation is 2. The van der Waals surface area contributed by atoms with Crippen LogP contribution >= 0.6 is 11.8 Å². The number of rotatable bonds is 9. The van der Waals surface area contributed by atoms with Crippen LogP contribution in [0.15, 0.2) is 15.3 Å². The topological polar surface area (TPSA) is 98.0 Å². The predicted octanol–water partition coefficient (Wildman–Crippen LogP) is 3.38. The number of aliphatic hydroxyl groups is 1. The second kappa shape index (κ2) is 10.2. The van der Waals surface area contributed by atoms with Crippen molar-refractivity contribution in [2.75, 3.05) is 25.7 Å². The standard InChI is InChI=1S/C24H33NO6S/c1-14-16(6-7-20(27)25-15(13-26)9-11-32-5)23(28)30-22-17-8-10-24(2,3)31-18(17)12-19(29-4)21(14)22/h12,15,26H,6-11,13H2,1-5H3,(H,25,27). The number of fused-ring (bicyclic) bond motifs is 3. The zero-order valence-corrected chi connectivity index (χ0v) is 20.3. The van der Waals surface area contributed by atoms with Crippen molar-refractivity contribution in [1.29, 1.82) is 0 Å². The molecule has 0 fully saturated rings. The van der Waals surface area contributed by atoms with Gasteiger partial charge in [0, 0.05) is 23.6 Å². The van der Waals surface area contributed by atoms with Crippen LogP contribution in [-0.4, -0.2) is 48.4 Å². The van der Waals surface area contributed by atoms with Crippen molar-refractivity contribution in [1.82, 2.24) is 5.32 Å². The van der Waals surface area contributed by atoms with Crippen LogP contribution in [0.4, 0.5) is 0 Å². The summed E-state index contributed by atoms with van der Waals surface area (Å²) in [5, 5.41) is 13.1. The lowest BCUT2D eigenvalue weighted by molar-refractivity contribution is -0.122. The van der Waals surface area contributed by atoms with Gasteiger partial charge in [-0.15, -0.1) is 0 Å². The van der Waals surface area contributed by atoms with E-state index < -0.39 is 5.63 Å². The molecule has 0 aliphatic carbocycles. The minimum atomic E-state index is -0.441. The number of methoxy groups -OCH3 is 1. The molecule has 0 spiro atoms. The molecule has 2 heterocycles. The average Bonchev–Trinajstić information content (AvgIpc) is 2.74. The second-order valence-corrected chi connectivity index (χ2v) is 9.83. The summed E-state index contributed by atoms with van der Waals surface area (Å²) in [6.45, 7) is 5.82. The fourth-order valence-corrected chi connectivity index (χ4v) is 4.66. The Morgan fingerprint density at radius 2 is 2.16 bits per heavy atom. The van der Waals surface area contributed by atoms with Gasteiger partial charge in [-0.25, -0.2) is 4.79 Å². The van der Waals surface area contributed by atoms with E-state index in [9.17, 15) is 14.7 Å². The van der Waals surface area contributed by atoms with Crippen molar-refractivity contribution in [2.45, 2.75) is 64.5 Å². The molecule has 176 valence electrons. The van der Waals surface area contributed by atoms with Crippen LogP contribution in [0, 0.1) is 6.92 Å². The Labute approximate surface area is 192 Å². The quantitative estimate of drug-likeness (QED) is 0.550. The van der Waals surface area contributed by atoms with Crippen molar-refractivity contribution < 1.29 is 23.8 Å². The Morgan fingerprint density at radius 3 is 2.81 bits per heavy atom. The van der Waals surface area contributed by atoms with E-state index in [2.05, 4.69) is 5.32 Å². The number of hydrogen-bond donors (Lipinski definition) is 2. The SMILES string of the molecule is COc1cc2c(c3oc(=O)c(CCC(=O)NC(CO)CCSC)c(C)c13)CCC(C)(C)O2. The molecule has 0 saturated heterocycles. The predicted molar refractivity (Wildman–Crippen MR) is 127 cm³/mol. The summed E-state index contributed by atoms with van der Waals surface area (Å²) in [6, 6.07) is 1.58. The molecule has 1 aromatic heterocycles. The summed E-state index contributed by atoms with van der Waals surface area (Å²) in [6.07, 6.45) is 4.62. The second-order valence-electron chi connectivity index (χ2n) is 8.84. The highest BCUT2D eigenvalue weighted by molar-refractivity contribution is 7.98. The van der Waals surface area contributed by atoms with Crippen molar-refractivity contribution >= 4 is 28.6 Å². The summed E-state index contributed by atoms with van der Waals surface area (Å²) in [5.74, 6) is 1.92. The normalized spacial score (nSPS) is 15.7. The zero-order valence-electron chi connectivity index (χ0n) is 19.5. The van der Waals surface area contributed by atoms with E-state index in [4.69, 9.17) is 13.9 Å². The fraction of sp³-hybridized carbons (Fsp3) is 0.583. The van der Waals surface area contributed by atoms with E-state index in [0.29, 0.717) is 29.1 Å². The summed E-state index contributed by atoms with van der Waals surface area (Å²) >= 11 is 1.66. The van der Waals surface area contributed by atoms with Gasteiger partial charge in [-0.2, -0.15) is 11.8 Å². The van der Waals surface area contributed by atoms with E-state index in [1.807, 2.05) is 33.1 Å². The minimum absolute atomic E-state index is 0.107. The van der Waals surface area contributed by atoms with Gasteiger partial charge in [-0.3, -0.25) is 4.79 Å². The zero-order chi connectivity index (χ0) is 23.5. The number of thioether (sulfide) groups is 1. The molecule has 1 amide bonds. The molecule has 2 aromatic rings. The first-order valence-electron chi connectivity index (χ1n) is 10.9. The molecule has 1 aromatic carbocycles. The Kier molecular flexibility index (Phi) is 7.77. The Balaban J connectivity index is 1.90. The third-order valence-corrected chi connectivity index (χ3v) is 6.66. The molecule has 1 aliphatic heterocycles. The van der Waals surface area contributed by atoms with Crippen LogP contribution in [-0.2, 0) is 17.6 Å². The number of amides is 1. The van der Waals surface area contributed by atoms with Crippen molar-refractivity contribution in [3.05, 3.63) is 33.2 Å². The van der Waals surface area contributed by atoms with Gasteiger partial charge in [0.05, 0.1) is 25.1 Å². The van der Waals surface area contributed by atoms with E-state index in [0.717, 1.165) is 35.1 Å². The van der Waals surface area contributed by atoms with Crippen molar-refractivity contribution in [3.8, 4) is 11.5 Å². The van der Waals surface area contributed by atoms with E-state index in [1.165, 1.54) is 0 Å². The number of benzene rings is 1. The van der Waals surface area contributed by atoms with Crippen LogP contribution < -0.4 is 20.4 Å². The number of hydrogen-bond acceptors (Lipinski definition) is 7. The smallest absolute Gasteiger partial charge is 0.339 e. The fourth-order valence-electron chi connectivity index (χ4n) is 4.14. The maximum absolute atomic E-state index is 12.9. The highest BCUT2D eigenvalue weighted by Gasteiger charge is 2.31. The van der Waals surface area contributed by atoms with Gasteiger partial charge >= 0.3 is 5.63 Å². The molecule has 7 nitrogen and oxygen atoms in total. The largest absolute Gasteiger partial charge is 0.496 e. The van der Waals surface area contributed by atoms with E-state index in [-0.39, 0.29) is 37.0 Å². The monoisotopic (exact) mass is 463 g/mol. The van der Waals surface area contributed by atoms with Gasteiger partial charge < -0.3 is 24.3 Å². The van der Waals surface area contributed by atoms with Crippen LogP contribution in [0.25, 0.3) is 11.0 Å². The van der Waals surface area contributed by atoms with Gasteiger partial charge in [0.15, 0.2) is 0 Å². The molecule has 0 saturated carbocycles. The molecular weight excluding hydrogens is 430 g/mol. The first kappa shape index (κ1) is 24.5. The molecule has 3 rings (SSSR count). The molecule has 1 aliphatic rings. The molecule has 1 unspecified atom stereocenters. The number of nitrogens with one attached hydrogen (secondary N) is 1. The number of aliphatic hydroxyl groups excluding tert-OH is 1. The van der Waals surface area contributed by atoms with E-state index >= 15 is 0 Å². The van der Waals surface area contributed by atoms with Crippen LogP contribution in [0.5, 0.6) is 11.5 Å². The molecule has 2 N–H and O–H groups in total. The number of carbonyl (C=O) groups is 1. The first-order chi connectivity index (χ1) is 15.2. The number of carbonyl (C=O) groups excluding carboxylic acids is 1. The molecule has 8 heteroatoms. The summed E-state index contributed by atoms with van der Waals surface area (Å²) in [7, 11) is 1.58. The maximum Gasteiger partial charge on any atom is 0.339 e. The average molecular weight is 464 g/mol. The van der Waals surface area contributed by atoms with Gasteiger partial charge in [0.2, 0.25) is 5.91 Å². The summed E-state index contributed by atoms with van der Waals surface area (Å²) < 4.78 is 17.5. The van der Waals surface area contributed by atoms with Crippen LogP contribution in [0.2, 0.25) is 0 Å². The highest BCUT2D eigenvalue weighted by Crippen LogP contribution is 2.43. The van der Waals surface area contributed by atoms with Gasteiger partial charge in [-0.1, -0.05) is 0 Å². The van der Waals surface area contributed by atoms with Crippen LogP contribution in [0.1, 0.15) is 49.8 Å². The molecular formula is C24H33NO6S. The molecule has 0 radical (unpaired) electrons. The Morgan fingerprint density at radius 1 is 1.41 bits per heavy atom. The third kappa shape index (κ3) is 5.23. The summed E-state index contributed by atoms with van der Waals surface area (Å²) in [5.41, 5.74) is 1.87. The lowest BCUT2D eigenvalue weighted by Gasteiger charge is -2.33. The first-order valence-corrected chi connectivity index (χ1v) is 12.3. The van der Waals surface area contributed by atoms with Gasteiger partial charge in [0.1, 0.15) is 22.7 Å². The highest BCUT2D eigenvalue weighted by atomic mass is 32.2. The minimum Gasteiger partial charge on any atom is -0.496 e. The molecule has 0 bridgehead atoms. The lowest BCUT2D eigenvalue weighted by Crippen LogP contribution is -2.38. The number of ether oxygens (including phenoxy) is 2. The van der Waals surface area contributed by atoms with Crippen molar-refractivity contribution in [3.63, 3.8) is 0 Å². The Hall–Kier alpha value is -2.19. The summed E-state index contributed by atoms with van der Waals surface area (Å²) in [4.78, 5) is 25.3. The van der Waals surface area contributed by atoms with Crippen LogP contribution in [0.3, 0.4) is 0 Å². The molecule has 32 heavy (non-hydrogen) atoms. The van der Waals surface area contributed by atoms with Gasteiger partial charge in [0.25, 0.3) is 0 Å². The van der Waals surface area contributed by atoms with Gasteiger partial charge in [-0.05, 0) is 64.0 Å². The Bertz CT molecular complexity index is 1050. The molecule has 1 atom stereocenters. The third-order valence-electron chi connectivity index (χ3n) is 6.02. The van der Waals surface area contributed by atoms with E-state index in [1.54, 1.807) is 18.9 Å². The van der Waals surface area contributed by atoms with Crippen molar-refractivity contribution in [2.24, 2.45) is 0 Å². The maximum atomic E-state index is 12.9. The lowest BCUT2D eigenvalue weighted by atomic mass is 9.91.